The third-order valence-corrected chi connectivity index (χ3v) is 5.18. The van der Waals surface area contributed by atoms with Gasteiger partial charge in [0, 0.05) is 17.4 Å². The molecule has 0 bridgehead atoms. The first-order valence-electron chi connectivity index (χ1n) is 8.26. The first kappa shape index (κ1) is 17.5. The number of fused-ring (bicyclic) bond motifs is 3. The molecule has 0 saturated carbocycles. The van der Waals surface area contributed by atoms with Crippen LogP contribution in [0.3, 0.4) is 0 Å². The second-order valence-electron chi connectivity index (χ2n) is 6.17. The summed E-state index contributed by atoms with van der Waals surface area (Å²) in [5.41, 5.74) is 1.86. The highest BCUT2D eigenvalue weighted by Gasteiger charge is 2.33. The van der Waals surface area contributed by atoms with Crippen molar-refractivity contribution in [3.8, 4) is 0 Å². The van der Waals surface area contributed by atoms with E-state index in [1.165, 1.54) is 11.8 Å². The number of benzene rings is 1. The zero-order valence-corrected chi connectivity index (χ0v) is 15.6. The summed E-state index contributed by atoms with van der Waals surface area (Å²) < 4.78 is 5.89. The van der Waals surface area contributed by atoms with Gasteiger partial charge in [-0.1, -0.05) is 30.0 Å². The number of hydrogen-bond donors (Lipinski definition) is 1. The summed E-state index contributed by atoms with van der Waals surface area (Å²) in [4.78, 5) is 33.0. The fourth-order valence-corrected chi connectivity index (χ4v) is 3.77. The minimum Gasteiger partial charge on any atom is -0.465 e. The molecule has 0 fully saturated rings. The Labute approximate surface area is 149 Å². The molecule has 0 saturated heterocycles. The predicted molar refractivity (Wildman–Crippen MR) is 100 cm³/mol. The average molecular weight is 359 g/mol. The van der Waals surface area contributed by atoms with Crippen molar-refractivity contribution in [2.75, 3.05) is 6.61 Å². The molecule has 7 heteroatoms. The molecule has 0 aliphatic rings. The lowest BCUT2D eigenvalue weighted by atomic mass is 10.2. The van der Waals surface area contributed by atoms with Crippen molar-refractivity contribution in [3.63, 3.8) is 0 Å². The van der Waals surface area contributed by atoms with E-state index in [-0.39, 0.29) is 11.5 Å². The Bertz CT molecular complexity index is 1000. The molecule has 0 radical (unpaired) electrons. The summed E-state index contributed by atoms with van der Waals surface area (Å²) >= 11 is 1.25. The third-order valence-electron chi connectivity index (χ3n) is 4.01. The number of H-pyrrole nitrogens is 1. The topological polar surface area (TPSA) is 77.0 Å². The number of carbonyl (C=O) groups is 1. The van der Waals surface area contributed by atoms with Crippen LogP contribution in [0.1, 0.15) is 27.7 Å². The lowest BCUT2D eigenvalue weighted by Crippen LogP contribution is -2.32. The van der Waals surface area contributed by atoms with Gasteiger partial charge in [-0.15, -0.1) is 0 Å². The summed E-state index contributed by atoms with van der Waals surface area (Å²) in [6, 6.07) is 7.68. The highest BCUT2D eigenvalue weighted by Crippen LogP contribution is 2.33. The van der Waals surface area contributed by atoms with Crippen molar-refractivity contribution >= 4 is 39.7 Å². The van der Waals surface area contributed by atoms with Gasteiger partial charge in [0.2, 0.25) is 0 Å². The quantitative estimate of drug-likeness (QED) is 0.429. The standard InChI is InChI=1S/C18H21N3O3S/c1-5-21-15(22)14-13(11-9-7-8-10-12(11)19-14)20-17(21)25-18(3,4)16(23)24-6-2/h7-10,19H,5-6H2,1-4H3. The molecule has 0 spiro atoms. The molecule has 2 heterocycles. The maximum Gasteiger partial charge on any atom is 0.322 e. The van der Waals surface area contributed by atoms with Gasteiger partial charge in [-0.05, 0) is 33.8 Å². The molecule has 2 aromatic heterocycles. The molecule has 25 heavy (non-hydrogen) atoms. The highest BCUT2D eigenvalue weighted by atomic mass is 32.2. The first-order chi connectivity index (χ1) is 11.9. The molecule has 3 aromatic rings. The third kappa shape index (κ3) is 3.04. The van der Waals surface area contributed by atoms with Gasteiger partial charge in [0.05, 0.1) is 6.61 Å². The van der Waals surface area contributed by atoms with Gasteiger partial charge in [-0.2, -0.15) is 0 Å². The van der Waals surface area contributed by atoms with Crippen LogP contribution >= 0.6 is 11.8 Å². The fourth-order valence-electron chi connectivity index (χ4n) is 2.71. The number of para-hydroxylation sites is 1. The van der Waals surface area contributed by atoms with Gasteiger partial charge in [0.15, 0.2) is 5.16 Å². The zero-order chi connectivity index (χ0) is 18.2. The van der Waals surface area contributed by atoms with Gasteiger partial charge in [0.1, 0.15) is 15.8 Å². The molecule has 1 aromatic carbocycles. The smallest absolute Gasteiger partial charge is 0.322 e. The monoisotopic (exact) mass is 359 g/mol. The fraction of sp³-hybridized carbons (Fsp3) is 0.389. The van der Waals surface area contributed by atoms with Gasteiger partial charge in [-0.3, -0.25) is 14.2 Å². The van der Waals surface area contributed by atoms with Crippen LogP contribution in [-0.4, -0.2) is 31.9 Å². The Morgan fingerprint density at radius 3 is 2.72 bits per heavy atom. The van der Waals surface area contributed by atoms with Crippen LogP contribution in [0.2, 0.25) is 0 Å². The van der Waals surface area contributed by atoms with Gasteiger partial charge >= 0.3 is 5.97 Å². The highest BCUT2D eigenvalue weighted by molar-refractivity contribution is 8.01. The van der Waals surface area contributed by atoms with Crippen molar-refractivity contribution in [2.24, 2.45) is 0 Å². The number of aromatic amines is 1. The number of thioether (sulfide) groups is 1. The first-order valence-corrected chi connectivity index (χ1v) is 9.08. The van der Waals surface area contributed by atoms with E-state index in [1.807, 2.05) is 31.2 Å². The van der Waals surface area contributed by atoms with E-state index in [0.29, 0.717) is 29.3 Å². The van der Waals surface area contributed by atoms with Crippen molar-refractivity contribution in [1.82, 2.24) is 14.5 Å². The summed E-state index contributed by atoms with van der Waals surface area (Å²) in [6.45, 7) is 8.01. The maximum atomic E-state index is 12.9. The second-order valence-corrected chi connectivity index (χ2v) is 7.76. The molecule has 1 N–H and O–H groups in total. The van der Waals surface area contributed by atoms with E-state index in [0.717, 1.165) is 10.9 Å². The SMILES string of the molecule is CCOC(=O)C(C)(C)Sc1nc2c([nH]c3ccccc32)c(=O)n1CC. The number of nitrogens with one attached hydrogen (secondary N) is 1. The Morgan fingerprint density at radius 1 is 1.32 bits per heavy atom. The Balaban J connectivity index is 2.19. The van der Waals surface area contributed by atoms with Crippen LogP contribution in [0.15, 0.2) is 34.2 Å². The Hall–Kier alpha value is -2.28. The minimum absolute atomic E-state index is 0.133. The number of esters is 1. The van der Waals surface area contributed by atoms with Crippen LogP contribution in [0.4, 0.5) is 0 Å². The zero-order valence-electron chi connectivity index (χ0n) is 14.8. The lowest BCUT2D eigenvalue weighted by Gasteiger charge is -2.22. The molecule has 0 aliphatic heterocycles. The number of hydrogen-bond acceptors (Lipinski definition) is 5. The number of nitrogens with zero attached hydrogens (tertiary/aromatic N) is 2. The number of carbonyl (C=O) groups excluding carboxylic acids is 1. The van der Waals surface area contributed by atoms with E-state index >= 15 is 0 Å². The summed E-state index contributed by atoms with van der Waals surface area (Å²) in [5.74, 6) is -0.323. The van der Waals surface area contributed by atoms with Gasteiger partial charge in [-0.25, -0.2) is 4.98 Å². The number of ether oxygens (including phenoxy) is 1. The largest absolute Gasteiger partial charge is 0.465 e. The van der Waals surface area contributed by atoms with Gasteiger partial charge < -0.3 is 9.72 Å². The summed E-state index contributed by atoms with van der Waals surface area (Å²) in [7, 11) is 0. The molecular formula is C18H21N3O3S. The molecule has 0 amide bonds. The molecule has 6 nitrogen and oxygen atoms in total. The van der Waals surface area contributed by atoms with Crippen molar-refractivity contribution in [2.45, 2.75) is 44.1 Å². The van der Waals surface area contributed by atoms with Crippen molar-refractivity contribution < 1.29 is 9.53 Å². The molecule has 132 valence electrons. The lowest BCUT2D eigenvalue weighted by molar-refractivity contribution is -0.145. The van der Waals surface area contributed by atoms with E-state index in [9.17, 15) is 9.59 Å². The van der Waals surface area contributed by atoms with Crippen LogP contribution < -0.4 is 5.56 Å². The summed E-state index contributed by atoms with van der Waals surface area (Å²) in [6.07, 6.45) is 0. The number of aromatic nitrogens is 3. The summed E-state index contributed by atoms with van der Waals surface area (Å²) in [5, 5.41) is 1.41. The molecule has 3 rings (SSSR count). The van der Waals surface area contributed by atoms with Crippen LogP contribution in [0.5, 0.6) is 0 Å². The molecule has 0 unspecified atom stereocenters. The normalized spacial score (nSPS) is 12.0. The molecule has 0 aliphatic carbocycles. The maximum absolute atomic E-state index is 12.9. The average Bonchev–Trinajstić information content (AvgIpc) is 2.94. The van der Waals surface area contributed by atoms with E-state index in [4.69, 9.17) is 9.72 Å². The molecule has 0 atom stereocenters. The van der Waals surface area contributed by atoms with Crippen LogP contribution in [-0.2, 0) is 16.1 Å². The second kappa shape index (κ2) is 6.55. The van der Waals surface area contributed by atoms with E-state index < -0.39 is 4.75 Å². The Kier molecular flexibility index (Phi) is 4.60. The number of rotatable bonds is 5. The van der Waals surface area contributed by atoms with Crippen LogP contribution in [0.25, 0.3) is 21.9 Å². The minimum atomic E-state index is -0.841. The Morgan fingerprint density at radius 2 is 2.04 bits per heavy atom. The van der Waals surface area contributed by atoms with Crippen molar-refractivity contribution in [1.29, 1.82) is 0 Å². The van der Waals surface area contributed by atoms with E-state index in [1.54, 1.807) is 25.3 Å². The van der Waals surface area contributed by atoms with Gasteiger partial charge in [0.25, 0.3) is 5.56 Å². The predicted octanol–water partition coefficient (Wildman–Crippen LogP) is 3.33. The van der Waals surface area contributed by atoms with E-state index in [2.05, 4.69) is 4.98 Å². The van der Waals surface area contributed by atoms with Crippen LogP contribution in [0, 0.1) is 0 Å². The molecular weight excluding hydrogens is 338 g/mol. The van der Waals surface area contributed by atoms with Crippen molar-refractivity contribution in [3.05, 3.63) is 34.6 Å².